The number of aromatic nitrogens is 2. The zero-order valence-corrected chi connectivity index (χ0v) is 11.8. The second-order valence-corrected chi connectivity index (χ2v) is 6.51. The maximum absolute atomic E-state index is 12.2. The van der Waals surface area contributed by atoms with Crippen molar-refractivity contribution in [3.05, 3.63) is 53.3 Å². The van der Waals surface area contributed by atoms with E-state index in [1.807, 2.05) is 6.07 Å². The number of nitrogens with zero attached hydrogens (tertiary/aromatic N) is 3. The first kappa shape index (κ1) is 14.2. The van der Waals surface area contributed by atoms with E-state index >= 15 is 0 Å². The summed E-state index contributed by atoms with van der Waals surface area (Å²) >= 11 is 0. The predicted octanol–water partition coefficient (Wildman–Crippen LogP) is 1.24. The fraction of sp³-hybridized carbons (Fsp3) is 0.231. The monoisotopic (exact) mass is 290 g/mol. The van der Waals surface area contributed by atoms with Crippen LogP contribution in [0, 0.1) is 11.3 Å². The van der Waals surface area contributed by atoms with Crippen LogP contribution in [0.4, 0.5) is 0 Å². The van der Waals surface area contributed by atoms with E-state index in [2.05, 4.69) is 10.2 Å². The van der Waals surface area contributed by atoms with Crippen molar-refractivity contribution >= 4 is 10.0 Å². The smallest absolute Gasteiger partial charge is 0.218 e. The van der Waals surface area contributed by atoms with Gasteiger partial charge in [0.2, 0.25) is 10.0 Å². The lowest BCUT2D eigenvalue weighted by atomic mass is 10.2. The molecule has 2 aromatic rings. The molecule has 0 amide bonds. The van der Waals surface area contributed by atoms with Crippen molar-refractivity contribution in [2.45, 2.75) is 12.3 Å². The standard InChI is InChI=1S/C13H14N4O2S/c1-17(9-13-7-15-16-8-13)20(18,19)10-12-4-2-3-11(5-12)6-14/h2-5,7-8H,9-10H2,1H3,(H,15,16). The van der Waals surface area contributed by atoms with Gasteiger partial charge in [-0.1, -0.05) is 12.1 Å². The van der Waals surface area contributed by atoms with Gasteiger partial charge in [0.15, 0.2) is 0 Å². The molecule has 0 bridgehead atoms. The fourth-order valence-corrected chi connectivity index (χ4v) is 2.94. The molecule has 1 N–H and O–H groups in total. The molecule has 104 valence electrons. The molecule has 0 spiro atoms. The van der Waals surface area contributed by atoms with Crippen LogP contribution in [0.2, 0.25) is 0 Å². The van der Waals surface area contributed by atoms with Gasteiger partial charge in [0.1, 0.15) is 0 Å². The van der Waals surface area contributed by atoms with Crippen molar-refractivity contribution in [3.63, 3.8) is 0 Å². The van der Waals surface area contributed by atoms with Crippen LogP contribution in [0.5, 0.6) is 0 Å². The number of rotatable bonds is 5. The van der Waals surface area contributed by atoms with E-state index in [1.54, 1.807) is 36.7 Å². The number of nitriles is 1. The molecule has 0 fully saturated rings. The summed E-state index contributed by atoms with van der Waals surface area (Å²) < 4.78 is 25.8. The van der Waals surface area contributed by atoms with E-state index < -0.39 is 10.0 Å². The molecule has 0 radical (unpaired) electrons. The highest BCUT2D eigenvalue weighted by Crippen LogP contribution is 2.13. The highest BCUT2D eigenvalue weighted by Gasteiger charge is 2.19. The number of hydrogen-bond donors (Lipinski definition) is 1. The Morgan fingerprint density at radius 2 is 2.20 bits per heavy atom. The second kappa shape index (κ2) is 5.86. The molecule has 0 unspecified atom stereocenters. The number of sulfonamides is 1. The van der Waals surface area contributed by atoms with Gasteiger partial charge < -0.3 is 0 Å². The Hall–Kier alpha value is -2.17. The van der Waals surface area contributed by atoms with E-state index in [1.165, 1.54) is 11.4 Å². The first-order chi connectivity index (χ1) is 9.51. The lowest BCUT2D eigenvalue weighted by molar-refractivity contribution is 0.466. The first-order valence-corrected chi connectivity index (χ1v) is 7.53. The molecule has 0 aliphatic carbocycles. The summed E-state index contributed by atoms with van der Waals surface area (Å²) in [5, 5.41) is 15.2. The third kappa shape index (κ3) is 3.44. The Kier molecular flexibility index (Phi) is 4.17. The van der Waals surface area contributed by atoms with E-state index in [-0.39, 0.29) is 12.3 Å². The molecule has 0 saturated carbocycles. The Morgan fingerprint density at radius 1 is 1.40 bits per heavy atom. The van der Waals surface area contributed by atoms with Gasteiger partial charge in [0.25, 0.3) is 0 Å². The minimum absolute atomic E-state index is 0.128. The van der Waals surface area contributed by atoms with Crippen LogP contribution >= 0.6 is 0 Å². The number of hydrogen-bond acceptors (Lipinski definition) is 4. The molecular formula is C13H14N4O2S. The van der Waals surface area contributed by atoms with Gasteiger partial charge in [-0.15, -0.1) is 0 Å². The molecule has 1 aromatic heterocycles. The summed E-state index contributed by atoms with van der Waals surface area (Å²) in [5.74, 6) is -0.128. The molecule has 1 aromatic carbocycles. The van der Waals surface area contributed by atoms with E-state index in [4.69, 9.17) is 5.26 Å². The molecule has 0 saturated heterocycles. The molecule has 0 aliphatic rings. The zero-order chi connectivity index (χ0) is 14.6. The van der Waals surface area contributed by atoms with Crippen molar-refractivity contribution in [2.24, 2.45) is 0 Å². The maximum atomic E-state index is 12.2. The highest BCUT2D eigenvalue weighted by molar-refractivity contribution is 7.88. The summed E-state index contributed by atoms with van der Waals surface area (Å²) in [5.41, 5.74) is 1.85. The van der Waals surface area contributed by atoms with Crippen LogP contribution in [0.1, 0.15) is 16.7 Å². The molecule has 20 heavy (non-hydrogen) atoms. The second-order valence-electron chi connectivity index (χ2n) is 4.43. The lowest BCUT2D eigenvalue weighted by Crippen LogP contribution is -2.27. The third-order valence-electron chi connectivity index (χ3n) is 2.84. The average Bonchev–Trinajstić information content (AvgIpc) is 2.91. The molecule has 0 aliphatic heterocycles. The number of nitrogens with one attached hydrogen (secondary N) is 1. The van der Waals surface area contributed by atoms with Crippen LogP contribution in [0.25, 0.3) is 0 Å². The van der Waals surface area contributed by atoms with Gasteiger partial charge in [0.05, 0.1) is 23.6 Å². The highest BCUT2D eigenvalue weighted by atomic mass is 32.2. The van der Waals surface area contributed by atoms with Crippen LogP contribution in [0.15, 0.2) is 36.7 Å². The van der Waals surface area contributed by atoms with E-state index in [9.17, 15) is 8.42 Å². The predicted molar refractivity (Wildman–Crippen MR) is 73.8 cm³/mol. The van der Waals surface area contributed by atoms with Crippen LogP contribution < -0.4 is 0 Å². The fourth-order valence-electron chi connectivity index (χ4n) is 1.77. The van der Waals surface area contributed by atoms with E-state index in [0.717, 1.165) is 5.56 Å². The number of aromatic amines is 1. The van der Waals surface area contributed by atoms with Gasteiger partial charge in [-0.2, -0.15) is 10.4 Å². The summed E-state index contributed by atoms with van der Waals surface area (Å²) in [6.45, 7) is 0.261. The topological polar surface area (TPSA) is 89.8 Å². The van der Waals surface area contributed by atoms with Gasteiger partial charge in [-0.05, 0) is 17.7 Å². The van der Waals surface area contributed by atoms with Crippen molar-refractivity contribution in [2.75, 3.05) is 7.05 Å². The van der Waals surface area contributed by atoms with E-state index in [0.29, 0.717) is 11.1 Å². The largest absolute Gasteiger partial charge is 0.285 e. The third-order valence-corrected chi connectivity index (χ3v) is 4.62. The molecule has 6 nitrogen and oxygen atoms in total. The summed E-state index contributed by atoms with van der Waals surface area (Å²) in [7, 11) is -1.91. The quantitative estimate of drug-likeness (QED) is 0.897. The van der Waals surface area contributed by atoms with Crippen molar-refractivity contribution in [1.82, 2.24) is 14.5 Å². The Labute approximate surface area is 117 Å². The van der Waals surface area contributed by atoms with Crippen LogP contribution in [-0.4, -0.2) is 30.0 Å². The minimum atomic E-state index is -3.43. The van der Waals surface area contributed by atoms with Crippen molar-refractivity contribution < 1.29 is 8.42 Å². The normalized spacial score (nSPS) is 11.4. The Bertz CT molecular complexity index is 717. The minimum Gasteiger partial charge on any atom is -0.285 e. The number of benzene rings is 1. The number of H-pyrrole nitrogens is 1. The zero-order valence-electron chi connectivity index (χ0n) is 10.9. The molecule has 7 heteroatoms. The Balaban J connectivity index is 2.12. The van der Waals surface area contributed by atoms with Crippen molar-refractivity contribution in [1.29, 1.82) is 5.26 Å². The first-order valence-electron chi connectivity index (χ1n) is 5.92. The van der Waals surface area contributed by atoms with Gasteiger partial charge in [-0.25, -0.2) is 12.7 Å². The summed E-state index contributed by atoms with van der Waals surface area (Å²) in [6, 6.07) is 8.61. The average molecular weight is 290 g/mol. The molecule has 0 atom stereocenters. The molecule has 1 heterocycles. The molecule has 2 rings (SSSR count). The lowest BCUT2D eigenvalue weighted by Gasteiger charge is -2.16. The Morgan fingerprint density at radius 3 is 2.85 bits per heavy atom. The summed E-state index contributed by atoms with van der Waals surface area (Å²) in [6.07, 6.45) is 3.24. The van der Waals surface area contributed by atoms with Crippen molar-refractivity contribution in [3.8, 4) is 6.07 Å². The van der Waals surface area contributed by atoms with Gasteiger partial charge in [0, 0.05) is 25.4 Å². The van der Waals surface area contributed by atoms with Crippen LogP contribution in [-0.2, 0) is 22.3 Å². The molecular weight excluding hydrogens is 276 g/mol. The SMILES string of the molecule is CN(Cc1cn[nH]c1)S(=O)(=O)Cc1cccc(C#N)c1. The van der Waals surface area contributed by atoms with Gasteiger partial charge >= 0.3 is 0 Å². The van der Waals surface area contributed by atoms with Crippen LogP contribution in [0.3, 0.4) is 0 Å². The van der Waals surface area contributed by atoms with Gasteiger partial charge in [-0.3, -0.25) is 5.10 Å². The maximum Gasteiger partial charge on any atom is 0.218 e. The summed E-state index contributed by atoms with van der Waals surface area (Å²) in [4.78, 5) is 0.